The van der Waals surface area contributed by atoms with E-state index in [0.29, 0.717) is 30.1 Å². The molecule has 167 valence electrons. The van der Waals surface area contributed by atoms with E-state index in [0.717, 1.165) is 0 Å². The van der Waals surface area contributed by atoms with E-state index in [2.05, 4.69) is 62.3 Å². The molecule has 0 fully saturated rings. The molecule has 0 aliphatic heterocycles. The van der Waals surface area contributed by atoms with Gasteiger partial charge in [-0.15, -0.1) is 0 Å². The van der Waals surface area contributed by atoms with Crippen molar-refractivity contribution in [2.45, 2.75) is 91.6 Å². The first-order valence-corrected chi connectivity index (χ1v) is 11.4. The molecule has 8 heteroatoms. The third-order valence-electron chi connectivity index (χ3n) is 2.96. The number of hydrogen-bond donors (Lipinski definition) is 0. The zero-order chi connectivity index (χ0) is 18.9. The van der Waals surface area contributed by atoms with Gasteiger partial charge in [0.15, 0.2) is 0 Å². The Labute approximate surface area is 213 Å². The first-order chi connectivity index (χ1) is 10.2. The van der Waals surface area contributed by atoms with Gasteiger partial charge in [-0.2, -0.15) is 0 Å². The van der Waals surface area contributed by atoms with Crippen LogP contribution in [0.5, 0.6) is 0 Å². The van der Waals surface area contributed by atoms with E-state index in [4.69, 9.17) is 13.3 Å². The fourth-order valence-corrected chi connectivity index (χ4v) is 10.9. The van der Waals surface area contributed by atoms with Gasteiger partial charge in [0.1, 0.15) is 0 Å². The quantitative estimate of drug-likeness (QED) is 0.220. The smallest absolute Gasteiger partial charge is 1.00 e. The molecule has 0 saturated heterocycles. The van der Waals surface area contributed by atoms with Crippen LogP contribution in [0.4, 0.5) is 0 Å². The van der Waals surface area contributed by atoms with Crippen LogP contribution in [0, 0.1) is 26.8 Å². The van der Waals surface area contributed by atoms with Crippen LogP contribution in [0.2, 0.25) is 0 Å². The molecular weight excluding hydrogens is 590 g/mol. The molecular formula is C19H48ClMgO3PPtSi+3. The van der Waals surface area contributed by atoms with Crippen LogP contribution in [0.3, 0.4) is 0 Å². The summed E-state index contributed by atoms with van der Waals surface area (Å²) in [7, 11) is -1.90. The predicted molar refractivity (Wildman–Crippen MR) is 124 cm³/mol. The summed E-state index contributed by atoms with van der Waals surface area (Å²) in [4.78, 5) is 0. The molecule has 3 nitrogen and oxygen atoms in total. The van der Waals surface area contributed by atoms with Crippen LogP contribution in [-0.4, -0.2) is 67.9 Å². The molecule has 0 aromatic heterocycles. The Hall–Kier alpha value is 2.27. The van der Waals surface area contributed by atoms with Gasteiger partial charge in [0.2, 0.25) is 0 Å². The second-order valence-corrected chi connectivity index (χ2v) is 14.8. The van der Waals surface area contributed by atoms with E-state index in [1.54, 1.807) is 0 Å². The van der Waals surface area contributed by atoms with Crippen LogP contribution < -0.4 is 0 Å². The van der Waals surface area contributed by atoms with Crippen LogP contribution in [0.15, 0.2) is 0 Å². The summed E-state index contributed by atoms with van der Waals surface area (Å²) in [5.74, 6) is 0. The summed E-state index contributed by atoms with van der Waals surface area (Å²) in [6.07, 6.45) is 0. The topological polar surface area (TPSA) is 27.7 Å². The van der Waals surface area contributed by atoms with Gasteiger partial charge >= 0.3 is 53.6 Å². The summed E-state index contributed by atoms with van der Waals surface area (Å²) in [6.45, 7) is 30.9. The number of halogens is 1. The molecule has 0 aliphatic rings. The van der Waals surface area contributed by atoms with Crippen molar-refractivity contribution in [3.63, 3.8) is 0 Å². The van der Waals surface area contributed by atoms with Gasteiger partial charge in [0.05, 0.1) is 22.7 Å². The third-order valence-corrected chi connectivity index (χ3v) is 8.89. The first kappa shape index (κ1) is 43.2. The minimum atomic E-state index is -1.40. The van der Waals surface area contributed by atoms with Crippen LogP contribution in [0.25, 0.3) is 0 Å². The molecule has 0 heterocycles. The summed E-state index contributed by atoms with van der Waals surface area (Å²) in [5.41, 5.74) is 0. The molecule has 0 rings (SSSR count). The normalized spacial score (nSPS) is 11.3. The van der Waals surface area contributed by atoms with E-state index in [1.807, 2.05) is 20.8 Å². The molecule has 0 unspecified atom stereocenters. The fourth-order valence-electron chi connectivity index (χ4n) is 3.63. The maximum absolute atomic E-state index is 5.18. The van der Waals surface area contributed by atoms with E-state index < -0.39 is 17.4 Å². The van der Waals surface area contributed by atoms with Crippen molar-refractivity contribution in [3.05, 3.63) is 14.4 Å². The van der Waals surface area contributed by atoms with E-state index in [-0.39, 0.29) is 70.5 Å². The van der Waals surface area contributed by atoms with Crippen LogP contribution >= 0.6 is 7.92 Å². The van der Waals surface area contributed by atoms with Crippen molar-refractivity contribution in [2.75, 3.05) is 19.8 Å². The zero-order valence-corrected chi connectivity index (χ0v) is 26.6. The first-order valence-electron chi connectivity index (χ1n) is 8.70. The minimum absolute atomic E-state index is 0. The van der Waals surface area contributed by atoms with Crippen molar-refractivity contribution in [3.8, 4) is 0 Å². The van der Waals surface area contributed by atoms with Crippen LogP contribution in [-0.2, 0) is 34.3 Å². The van der Waals surface area contributed by atoms with E-state index in [9.17, 15) is 0 Å². The fraction of sp³-hybridized carbons (Fsp3) is 0.895. The van der Waals surface area contributed by atoms with Crippen molar-refractivity contribution in [2.24, 2.45) is 0 Å². The molecule has 0 bridgehead atoms. The summed E-state index contributed by atoms with van der Waals surface area (Å²) < 4.78 is 15.5. The standard InChI is InChI=1S/C12H26P.C6H15O3Si.CH3.ClH2.Mg.Pt.H/c1-10(2,3)13(11(4,5)6)12(7,8)9;1-4-7-10(8-5-2)9-6-3;;;;;/h1H2,2-9H3;4-6H2,1-3H3;1H3;1H2;;;/q-1;;-1;+1;2*+2;-1/p+1. The predicted octanol–water partition coefficient (Wildman–Crippen LogP) is 5.14. The number of rotatable bonds is 7. The van der Waals surface area contributed by atoms with Gasteiger partial charge < -0.3 is 29.1 Å². The Bertz CT molecular complexity index is 267. The van der Waals surface area contributed by atoms with Gasteiger partial charge in [0.25, 0.3) is 0 Å². The second-order valence-electron chi connectivity index (χ2n) is 8.31. The van der Waals surface area contributed by atoms with Gasteiger partial charge in [-0.25, -0.2) is 0 Å². The third kappa shape index (κ3) is 22.8. The van der Waals surface area contributed by atoms with Crippen molar-refractivity contribution in [1.29, 1.82) is 0 Å². The average molecular weight is 638 g/mol. The van der Waals surface area contributed by atoms with E-state index in [1.165, 1.54) is 0 Å². The Morgan fingerprint density at radius 3 is 1.07 bits per heavy atom. The molecule has 0 spiro atoms. The SMILES string of the molecule is CCO[Si](OCC)OCC.[CH2-]C(C)(C)[PH+](C(C)(C)C)C(C)(C)C.[CH3-].[ClH2+].[H-].[Mg+2].[Pt+2]. The van der Waals surface area contributed by atoms with Gasteiger partial charge in [-0.05, 0) is 75.4 Å². The largest absolute Gasteiger partial charge is 2.00 e. The summed E-state index contributed by atoms with van der Waals surface area (Å²) in [5, 5.41) is 1.09. The van der Waals surface area contributed by atoms with Crippen molar-refractivity contribution >= 4 is 40.5 Å². The number of hydrogen-bond acceptors (Lipinski definition) is 3. The maximum Gasteiger partial charge on any atom is 2.00 e. The van der Waals surface area contributed by atoms with Gasteiger partial charge in [-0.3, -0.25) is 0 Å². The van der Waals surface area contributed by atoms with Gasteiger partial charge in [-0.1, -0.05) is 13.8 Å². The minimum Gasteiger partial charge on any atom is -1.00 e. The van der Waals surface area contributed by atoms with Crippen LogP contribution in [0.1, 0.15) is 77.6 Å². The Morgan fingerprint density at radius 1 is 0.778 bits per heavy atom. The average Bonchev–Trinajstić information content (AvgIpc) is 2.24. The molecule has 0 saturated carbocycles. The molecule has 27 heavy (non-hydrogen) atoms. The molecule has 1 radical (unpaired) electrons. The summed E-state index contributed by atoms with van der Waals surface area (Å²) >= 11 is 0. The zero-order valence-electron chi connectivity index (χ0n) is 21.0. The van der Waals surface area contributed by atoms with Crippen molar-refractivity contribution < 1.29 is 48.2 Å². The van der Waals surface area contributed by atoms with E-state index >= 15 is 0 Å². The second kappa shape index (κ2) is 20.2. The molecule has 0 N–H and O–H groups in total. The monoisotopic (exact) mass is 637 g/mol. The summed E-state index contributed by atoms with van der Waals surface area (Å²) in [6, 6.07) is 0. The van der Waals surface area contributed by atoms with Crippen molar-refractivity contribution in [1.82, 2.24) is 0 Å². The molecule has 0 aliphatic carbocycles. The molecule has 0 aromatic carbocycles. The molecule has 0 aromatic rings. The Kier molecular flexibility index (Phi) is 32.3. The Balaban J connectivity index is -0.0000000546. The van der Waals surface area contributed by atoms with Gasteiger partial charge in [0, 0.05) is 19.8 Å². The molecule has 0 amide bonds. The Morgan fingerprint density at radius 2 is 1.00 bits per heavy atom. The molecule has 0 atom stereocenters. The maximum atomic E-state index is 5.18.